The maximum Gasteiger partial charge on any atom is 0.231 e. The number of hydroxylamine groups is 1. The summed E-state index contributed by atoms with van der Waals surface area (Å²) in [6.07, 6.45) is 3.74. The molecule has 0 amide bonds. The summed E-state index contributed by atoms with van der Waals surface area (Å²) in [4.78, 5) is 2.44. The lowest BCUT2D eigenvalue weighted by Gasteiger charge is -2.37. The Morgan fingerprint density at radius 2 is 1.90 bits per heavy atom. The molecule has 0 aromatic heterocycles. The van der Waals surface area contributed by atoms with Crippen LogP contribution in [0.4, 0.5) is 0 Å². The van der Waals surface area contributed by atoms with Crippen LogP contribution in [0.15, 0.2) is 18.2 Å². The molecule has 0 unspecified atom stereocenters. The SMILES string of the molecule is C[C@H](NO)[C@@H](c1ccc2c(c1)OCO2)N1CCCCC1. The third-order valence-electron chi connectivity index (χ3n) is 4.20. The van der Waals surface area contributed by atoms with Crippen molar-refractivity contribution in [2.45, 2.75) is 38.3 Å². The number of fused-ring (bicyclic) bond motifs is 1. The highest BCUT2D eigenvalue weighted by Gasteiger charge is 2.28. The number of nitrogens with one attached hydrogen (secondary N) is 1. The van der Waals surface area contributed by atoms with Gasteiger partial charge in [-0.25, -0.2) is 5.48 Å². The molecule has 0 spiro atoms. The summed E-state index contributed by atoms with van der Waals surface area (Å²) in [6.45, 7) is 4.45. The van der Waals surface area contributed by atoms with Crippen molar-refractivity contribution < 1.29 is 14.7 Å². The molecule has 1 aromatic rings. The molecule has 3 rings (SSSR count). The Balaban J connectivity index is 1.88. The quantitative estimate of drug-likeness (QED) is 0.828. The number of benzene rings is 1. The van der Waals surface area contributed by atoms with Crippen molar-refractivity contribution in [3.05, 3.63) is 23.8 Å². The lowest BCUT2D eigenvalue weighted by molar-refractivity contribution is 0.0588. The number of nitrogens with zero attached hydrogens (tertiary/aromatic N) is 1. The summed E-state index contributed by atoms with van der Waals surface area (Å²) in [5.41, 5.74) is 3.57. The summed E-state index contributed by atoms with van der Waals surface area (Å²) >= 11 is 0. The van der Waals surface area contributed by atoms with Gasteiger partial charge in [0.15, 0.2) is 11.5 Å². The van der Waals surface area contributed by atoms with Crippen molar-refractivity contribution in [2.75, 3.05) is 19.9 Å². The van der Waals surface area contributed by atoms with E-state index in [1.807, 2.05) is 19.1 Å². The van der Waals surface area contributed by atoms with Crippen molar-refractivity contribution in [3.63, 3.8) is 0 Å². The molecule has 0 bridgehead atoms. The Morgan fingerprint density at radius 3 is 2.65 bits per heavy atom. The van der Waals surface area contributed by atoms with Gasteiger partial charge in [-0.3, -0.25) is 4.90 Å². The maximum absolute atomic E-state index is 9.36. The minimum atomic E-state index is -0.0338. The zero-order valence-electron chi connectivity index (χ0n) is 11.8. The average molecular weight is 278 g/mol. The second-order valence-electron chi connectivity index (χ2n) is 5.57. The summed E-state index contributed by atoms with van der Waals surface area (Å²) < 4.78 is 10.8. The van der Waals surface area contributed by atoms with E-state index in [1.54, 1.807) is 0 Å². The third-order valence-corrected chi connectivity index (χ3v) is 4.20. The van der Waals surface area contributed by atoms with Gasteiger partial charge in [-0.2, -0.15) is 0 Å². The molecule has 5 heteroatoms. The molecule has 0 saturated carbocycles. The van der Waals surface area contributed by atoms with E-state index >= 15 is 0 Å². The first kappa shape index (κ1) is 13.7. The fraction of sp³-hybridized carbons (Fsp3) is 0.600. The number of likely N-dealkylation sites (tertiary alicyclic amines) is 1. The molecule has 0 aliphatic carbocycles. The molecule has 1 saturated heterocycles. The molecule has 1 fully saturated rings. The zero-order valence-corrected chi connectivity index (χ0v) is 11.8. The molecule has 5 nitrogen and oxygen atoms in total. The normalized spacial score (nSPS) is 21.7. The summed E-state index contributed by atoms with van der Waals surface area (Å²) in [5.74, 6) is 1.60. The van der Waals surface area contributed by atoms with Gasteiger partial charge in [0, 0.05) is 6.04 Å². The van der Waals surface area contributed by atoms with Gasteiger partial charge in [0.1, 0.15) is 0 Å². The van der Waals surface area contributed by atoms with E-state index in [9.17, 15) is 5.21 Å². The molecule has 1 aromatic carbocycles. The Kier molecular flexibility index (Phi) is 4.10. The number of ether oxygens (including phenoxy) is 2. The Bertz CT molecular complexity index is 460. The molecule has 0 radical (unpaired) electrons. The summed E-state index contributed by atoms with van der Waals surface area (Å²) in [7, 11) is 0. The van der Waals surface area contributed by atoms with Crippen LogP contribution in [0.2, 0.25) is 0 Å². The van der Waals surface area contributed by atoms with Gasteiger partial charge in [0.25, 0.3) is 0 Å². The van der Waals surface area contributed by atoms with Crippen molar-refractivity contribution in [1.29, 1.82) is 0 Å². The second-order valence-corrected chi connectivity index (χ2v) is 5.57. The topological polar surface area (TPSA) is 54.0 Å². The van der Waals surface area contributed by atoms with Crippen LogP contribution >= 0.6 is 0 Å². The molecule has 2 heterocycles. The van der Waals surface area contributed by atoms with Crippen LogP contribution in [0.5, 0.6) is 11.5 Å². The van der Waals surface area contributed by atoms with Crippen molar-refractivity contribution >= 4 is 0 Å². The van der Waals surface area contributed by atoms with Gasteiger partial charge in [-0.05, 0) is 50.6 Å². The Hall–Kier alpha value is -1.30. The van der Waals surface area contributed by atoms with Crippen molar-refractivity contribution in [1.82, 2.24) is 10.4 Å². The highest BCUT2D eigenvalue weighted by Crippen LogP contribution is 2.37. The van der Waals surface area contributed by atoms with Gasteiger partial charge in [0.05, 0.1) is 6.04 Å². The van der Waals surface area contributed by atoms with Crippen molar-refractivity contribution in [2.24, 2.45) is 0 Å². The minimum Gasteiger partial charge on any atom is -0.454 e. The minimum absolute atomic E-state index is 0.0338. The zero-order chi connectivity index (χ0) is 13.9. The van der Waals surface area contributed by atoms with Gasteiger partial charge in [0.2, 0.25) is 6.79 Å². The van der Waals surface area contributed by atoms with E-state index in [-0.39, 0.29) is 12.1 Å². The first-order valence-electron chi connectivity index (χ1n) is 7.33. The van der Waals surface area contributed by atoms with E-state index in [1.165, 1.54) is 19.3 Å². The lowest BCUT2D eigenvalue weighted by Crippen LogP contribution is -2.43. The highest BCUT2D eigenvalue weighted by atomic mass is 16.7. The molecule has 110 valence electrons. The third kappa shape index (κ3) is 2.61. The largest absolute Gasteiger partial charge is 0.454 e. The van der Waals surface area contributed by atoms with Crippen LogP contribution < -0.4 is 15.0 Å². The van der Waals surface area contributed by atoms with Crippen molar-refractivity contribution in [3.8, 4) is 11.5 Å². The standard InChI is InChI=1S/C15H22N2O3/c1-11(16-18)15(17-7-3-2-4-8-17)12-5-6-13-14(9-12)20-10-19-13/h5-6,9,11,15-16,18H,2-4,7-8,10H2,1H3/t11-,15-/m0/s1. The number of hydrogen-bond donors (Lipinski definition) is 2. The van der Waals surface area contributed by atoms with Crippen LogP contribution in [0.1, 0.15) is 37.8 Å². The van der Waals surface area contributed by atoms with Gasteiger partial charge in [-0.1, -0.05) is 12.5 Å². The molecule has 2 atom stereocenters. The fourth-order valence-corrected chi connectivity index (χ4v) is 3.18. The van der Waals surface area contributed by atoms with E-state index < -0.39 is 0 Å². The van der Waals surface area contributed by atoms with Crippen LogP contribution in [0.3, 0.4) is 0 Å². The fourth-order valence-electron chi connectivity index (χ4n) is 3.18. The molecule has 2 N–H and O–H groups in total. The maximum atomic E-state index is 9.36. The van der Waals surface area contributed by atoms with Crippen LogP contribution in [0, 0.1) is 0 Å². The molecular weight excluding hydrogens is 256 g/mol. The molecule has 20 heavy (non-hydrogen) atoms. The predicted octanol–water partition coefficient (Wildman–Crippen LogP) is 2.31. The summed E-state index contributed by atoms with van der Waals surface area (Å²) in [6, 6.07) is 6.18. The first-order chi connectivity index (χ1) is 9.79. The number of hydrogen-bond acceptors (Lipinski definition) is 5. The predicted molar refractivity (Wildman–Crippen MR) is 75.1 cm³/mol. The lowest BCUT2D eigenvalue weighted by atomic mass is 9.96. The number of rotatable bonds is 4. The number of piperidine rings is 1. The highest BCUT2D eigenvalue weighted by molar-refractivity contribution is 5.45. The summed E-state index contributed by atoms with van der Waals surface area (Å²) in [5, 5.41) is 9.36. The van der Waals surface area contributed by atoms with E-state index in [0.29, 0.717) is 6.79 Å². The van der Waals surface area contributed by atoms with Crippen LogP contribution in [0.25, 0.3) is 0 Å². The smallest absolute Gasteiger partial charge is 0.231 e. The van der Waals surface area contributed by atoms with Crippen LogP contribution in [-0.4, -0.2) is 36.0 Å². The molecular formula is C15H22N2O3. The van der Waals surface area contributed by atoms with E-state index in [2.05, 4.69) is 16.4 Å². The molecule has 2 aliphatic heterocycles. The Labute approximate surface area is 119 Å². The van der Waals surface area contributed by atoms with E-state index in [4.69, 9.17) is 9.47 Å². The first-order valence-corrected chi connectivity index (χ1v) is 7.33. The molecule has 2 aliphatic rings. The monoisotopic (exact) mass is 278 g/mol. The van der Waals surface area contributed by atoms with Gasteiger partial charge in [-0.15, -0.1) is 0 Å². The van der Waals surface area contributed by atoms with Gasteiger partial charge < -0.3 is 14.7 Å². The Morgan fingerprint density at radius 1 is 1.15 bits per heavy atom. The van der Waals surface area contributed by atoms with E-state index in [0.717, 1.165) is 30.2 Å². The average Bonchev–Trinajstić information content (AvgIpc) is 2.96. The van der Waals surface area contributed by atoms with Crippen LogP contribution in [-0.2, 0) is 0 Å². The second kappa shape index (κ2) is 5.99. The van der Waals surface area contributed by atoms with Gasteiger partial charge >= 0.3 is 0 Å².